The highest BCUT2D eigenvalue weighted by molar-refractivity contribution is 9.10. The fraction of sp³-hybridized carbons (Fsp3) is 0.375. The first-order valence-corrected chi connectivity index (χ1v) is 4.49. The van der Waals surface area contributed by atoms with Gasteiger partial charge in [-0.15, -0.1) is 12.4 Å². The average molecular weight is 250 g/mol. The van der Waals surface area contributed by atoms with Crippen molar-refractivity contribution in [3.63, 3.8) is 0 Å². The second kappa shape index (κ2) is 4.21. The summed E-state index contributed by atoms with van der Waals surface area (Å²) in [6, 6.07) is 0. The summed E-state index contributed by atoms with van der Waals surface area (Å²) >= 11 is 3.49. The first kappa shape index (κ1) is 9.96. The van der Waals surface area contributed by atoms with Crippen molar-refractivity contribution in [1.29, 1.82) is 0 Å². The minimum absolute atomic E-state index is 0. The lowest BCUT2D eigenvalue weighted by Gasteiger charge is -2.16. The minimum atomic E-state index is 0. The van der Waals surface area contributed by atoms with Crippen molar-refractivity contribution in [3.05, 3.63) is 28.0 Å². The van der Waals surface area contributed by atoms with Gasteiger partial charge in [0, 0.05) is 23.4 Å². The molecule has 0 radical (unpaired) electrons. The second-order valence-electron chi connectivity index (χ2n) is 2.69. The smallest absolute Gasteiger partial charge is 0.0413 e. The van der Waals surface area contributed by atoms with Crippen LogP contribution in [0.5, 0.6) is 0 Å². The summed E-state index contributed by atoms with van der Waals surface area (Å²) in [5.41, 5.74) is 2.74. The van der Waals surface area contributed by atoms with Crippen molar-refractivity contribution in [1.82, 2.24) is 10.3 Å². The number of hydrogen-bond donors (Lipinski definition) is 1. The van der Waals surface area contributed by atoms with Gasteiger partial charge in [0.05, 0.1) is 0 Å². The second-order valence-corrected chi connectivity index (χ2v) is 3.54. The van der Waals surface area contributed by atoms with Crippen molar-refractivity contribution in [3.8, 4) is 0 Å². The van der Waals surface area contributed by atoms with Crippen LogP contribution in [0.25, 0.3) is 0 Å². The third-order valence-electron chi connectivity index (χ3n) is 1.96. The number of nitrogens with zero attached hydrogens (tertiary/aromatic N) is 1. The molecule has 66 valence electrons. The molecule has 1 aromatic heterocycles. The summed E-state index contributed by atoms with van der Waals surface area (Å²) in [5, 5.41) is 3.31. The number of fused-ring (bicyclic) bond motifs is 1. The third-order valence-corrected chi connectivity index (χ3v) is 2.64. The monoisotopic (exact) mass is 248 g/mol. The zero-order valence-electron chi connectivity index (χ0n) is 6.51. The molecule has 0 spiro atoms. The van der Waals surface area contributed by atoms with Crippen molar-refractivity contribution < 1.29 is 0 Å². The molecule has 1 aliphatic heterocycles. The van der Waals surface area contributed by atoms with Crippen molar-refractivity contribution in [2.24, 2.45) is 0 Å². The lowest BCUT2D eigenvalue weighted by atomic mass is 10.0. The highest BCUT2D eigenvalue weighted by atomic mass is 79.9. The Hall–Kier alpha value is -0.120. The van der Waals surface area contributed by atoms with Gasteiger partial charge in [-0.3, -0.25) is 4.98 Å². The molecule has 2 heterocycles. The number of nitrogens with one attached hydrogen (secondary N) is 1. The summed E-state index contributed by atoms with van der Waals surface area (Å²) < 4.78 is 1.15. The van der Waals surface area contributed by atoms with Crippen LogP contribution >= 0.6 is 28.3 Å². The molecule has 12 heavy (non-hydrogen) atoms. The maximum Gasteiger partial charge on any atom is 0.0413 e. The predicted octanol–water partition coefficient (Wildman–Crippen LogP) is 1.91. The molecule has 0 amide bonds. The van der Waals surface area contributed by atoms with Crippen molar-refractivity contribution in [2.45, 2.75) is 13.0 Å². The Morgan fingerprint density at radius 3 is 3.00 bits per heavy atom. The van der Waals surface area contributed by atoms with Gasteiger partial charge < -0.3 is 5.32 Å². The molecular weight excluding hydrogens is 239 g/mol. The van der Waals surface area contributed by atoms with Crippen LogP contribution in [-0.2, 0) is 13.0 Å². The zero-order valence-corrected chi connectivity index (χ0v) is 8.91. The van der Waals surface area contributed by atoms with E-state index in [-0.39, 0.29) is 12.4 Å². The standard InChI is InChI=1S/C8H9BrN2.ClH/c9-8-5-11-4-6-3-10-2-1-7(6)8;/h4-5,10H,1-3H2;1H. The van der Waals surface area contributed by atoms with E-state index in [2.05, 4.69) is 26.2 Å². The average Bonchev–Trinajstić information content (AvgIpc) is 2.06. The first-order valence-electron chi connectivity index (χ1n) is 3.70. The largest absolute Gasteiger partial charge is 0.312 e. The normalized spacial score (nSPS) is 14.8. The lowest BCUT2D eigenvalue weighted by molar-refractivity contribution is 0.638. The molecule has 1 aromatic rings. The number of aromatic nitrogens is 1. The fourth-order valence-corrected chi connectivity index (χ4v) is 1.94. The zero-order chi connectivity index (χ0) is 7.68. The topological polar surface area (TPSA) is 24.9 Å². The molecular formula is C8H10BrClN2. The van der Waals surface area contributed by atoms with Gasteiger partial charge >= 0.3 is 0 Å². The summed E-state index contributed by atoms with van der Waals surface area (Å²) in [6.45, 7) is 2.04. The fourth-order valence-electron chi connectivity index (χ4n) is 1.37. The van der Waals surface area contributed by atoms with Gasteiger partial charge in [0.15, 0.2) is 0 Å². The maximum atomic E-state index is 4.11. The van der Waals surface area contributed by atoms with E-state index in [1.807, 2.05) is 12.4 Å². The number of rotatable bonds is 0. The van der Waals surface area contributed by atoms with Crippen LogP contribution in [0.4, 0.5) is 0 Å². The Kier molecular flexibility index (Phi) is 3.50. The quantitative estimate of drug-likeness (QED) is 0.760. The number of hydrogen-bond acceptors (Lipinski definition) is 2. The van der Waals surface area contributed by atoms with Gasteiger partial charge in [0.2, 0.25) is 0 Å². The Balaban J connectivity index is 0.000000720. The molecule has 0 unspecified atom stereocenters. The van der Waals surface area contributed by atoms with Gasteiger partial charge in [-0.2, -0.15) is 0 Å². The van der Waals surface area contributed by atoms with E-state index in [1.54, 1.807) is 0 Å². The van der Waals surface area contributed by atoms with E-state index < -0.39 is 0 Å². The van der Waals surface area contributed by atoms with Gasteiger partial charge in [0.25, 0.3) is 0 Å². The summed E-state index contributed by atoms with van der Waals surface area (Å²) in [5.74, 6) is 0. The van der Waals surface area contributed by atoms with E-state index >= 15 is 0 Å². The van der Waals surface area contributed by atoms with Gasteiger partial charge in [-0.1, -0.05) is 0 Å². The van der Waals surface area contributed by atoms with Crippen LogP contribution in [0.3, 0.4) is 0 Å². The van der Waals surface area contributed by atoms with Gasteiger partial charge in [-0.25, -0.2) is 0 Å². The number of halogens is 2. The molecule has 0 atom stereocenters. The SMILES string of the molecule is Brc1cncc2c1CCNC2.Cl. The Bertz CT molecular complexity index is 278. The number of pyridine rings is 1. The van der Waals surface area contributed by atoms with E-state index in [0.29, 0.717) is 0 Å². The van der Waals surface area contributed by atoms with Crippen LogP contribution < -0.4 is 5.32 Å². The molecule has 0 fully saturated rings. The lowest BCUT2D eigenvalue weighted by Crippen LogP contribution is -2.23. The minimum Gasteiger partial charge on any atom is -0.312 e. The first-order chi connectivity index (χ1) is 5.38. The predicted molar refractivity (Wildman–Crippen MR) is 54.6 cm³/mol. The van der Waals surface area contributed by atoms with Crippen molar-refractivity contribution in [2.75, 3.05) is 6.54 Å². The molecule has 2 rings (SSSR count). The van der Waals surface area contributed by atoms with Gasteiger partial charge in [0.1, 0.15) is 0 Å². The third kappa shape index (κ3) is 1.79. The molecule has 0 saturated carbocycles. The van der Waals surface area contributed by atoms with E-state index in [0.717, 1.165) is 24.0 Å². The van der Waals surface area contributed by atoms with E-state index in [4.69, 9.17) is 0 Å². The Morgan fingerprint density at radius 1 is 1.42 bits per heavy atom. The van der Waals surface area contributed by atoms with Crippen LogP contribution in [0.15, 0.2) is 16.9 Å². The summed E-state index contributed by atoms with van der Waals surface area (Å²) in [6.07, 6.45) is 4.91. The van der Waals surface area contributed by atoms with Crippen LogP contribution in [-0.4, -0.2) is 11.5 Å². The molecule has 1 aliphatic rings. The molecule has 4 heteroatoms. The summed E-state index contributed by atoms with van der Waals surface area (Å²) in [4.78, 5) is 4.11. The molecule has 2 nitrogen and oxygen atoms in total. The Labute approximate surface area is 86.3 Å². The molecule has 0 aromatic carbocycles. The summed E-state index contributed by atoms with van der Waals surface area (Å²) in [7, 11) is 0. The maximum absolute atomic E-state index is 4.11. The van der Waals surface area contributed by atoms with E-state index in [1.165, 1.54) is 11.1 Å². The van der Waals surface area contributed by atoms with Crippen LogP contribution in [0, 0.1) is 0 Å². The highest BCUT2D eigenvalue weighted by Crippen LogP contribution is 2.21. The molecule has 0 bridgehead atoms. The van der Waals surface area contributed by atoms with Crippen LogP contribution in [0.1, 0.15) is 11.1 Å². The van der Waals surface area contributed by atoms with Crippen molar-refractivity contribution >= 4 is 28.3 Å². The highest BCUT2D eigenvalue weighted by Gasteiger charge is 2.10. The molecule has 1 N–H and O–H groups in total. The van der Waals surface area contributed by atoms with E-state index in [9.17, 15) is 0 Å². The van der Waals surface area contributed by atoms with Crippen LogP contribution in [0.2, 0.25) is 0 Å². The Morgan fingerprint density at radius 2 is 2.25 bits per heavy atom. The molecule has 0 saturated heterocycles. The molecule has 0 aliphatic carbocycles. The van der Waals surface area contributed by atoms with Gasteiger partial charge in [-0.05, 0) is 40.0 Å².